The minimum Gasteiger partial charge on any atom is -0.264 e. The smallest absolute Gasteiger partial charge is 0.263 e. The van der Waals surface area contributed by atoms with Gasteiger partial charge in [0.25, 0.3) is 10.0 Å². The van der Waals surface area contributed by atoms with E-state index in [1.165, 1.54) is 38.5 Å². The number of rotatable bonds is 6. The second-order valence-electron chi connectivity index (χ2n) is 9.77. The van der Waals surface area contributed by atoms with Crippen LogP contribution in [-0.2, 0) is 15.6 Å². The Hall–Kier alpha value is -1.82. The van der Waals surface area contributed by atoms with Gasteiger partial charge >= 0.3 is 0 Å². The SMILES string of the molecule is CCC(C)c1ccc(S(=O)(=O)Nc2ccn(C34CC5CC(CC(C5)C3)C4)n2)cc1. The minimum atomic E-state index is -3.63. The monoisotopic (exact) mass is 413 g/mol. The summed E-state index contributed by atoms with van der Waals surface area (Å²) in [5.41, 5.74) is 1.27. The number of sulfonamides is 1. The van der Waals surface area contributed by atoms with E-state index in [-0.39, 0.29) is 10.4 Å². The van der Waals surface area contributed by atoms with E-state index in [4.69, 9.17) is 5.10 Å². The van der Waals surface area contributed by atoms with Gasteiger partial charge in [-0.3, -0.25) is 9.40 Å². The number of hydrogen-bond acceptors (Lipinski definition) is 3. The molecule has 0 aliphatic heterocycles. The molecule has 6 heteroatoms. The lowest BCUT2D eigenvalue weighted by molar-refractivity contribution is -0.0492. The van der Waals surface area contributed by atoms with Crippen molar-refractivity contribution in [3.8, 4) is 0 Å². The maximum atomic E-state index is 12.8. The Labute approximate surface area is 173 Å². The van der Waals surface area contributed by atoms with Crippen molar-refractivity contribution < 1.29 is 8.42 Å². The summed E-state index contributed by atoms with van der Waals surface area (Å²) in [4.78, 5) is 0.286. The highest BCUT2D eigenvalue weighted by Crippen LogP contribution is 2.58. The molecule has 1 aromatic carbocycles. The number of benzene rings is 1. The summed E-state index contributed by atoms with van der Waals surface area (Å²) in [5, 5.41) is 4.70. The molecule has 4 aliphatic rings. The Balaban J connectivity index is 1.35. The van der Waals surface area contributed by atoms with Crippen LogP contribution >= 0.6 is 0 Å². The molecule has 4 aliphatic carbocycles. The van der Waals surface area contributed by atoms with Crippen LogP contribution in [0.25, 0.3) is 0 Å². The summed E-state index contributed by atoms with van der Waals surface area (Å²) in [6.07, 6.45) is 10.8. The van der Waals surface area contributed by atoms with Gasteiger partial charge in [0.2, 0.25) is 0 Å². The fourth-order valence-corrected chi connectivity index (χ4v) is 7.39. The van der Waals surface area contributed by atoms with Crippen molar-refractivity contribution in [3.63, 3.8) is 0 Å². The molecule has 29 heavy (non-hydrogen) atoms. The van der Waals surface area contributed by atoms with Gasteiger partial charge in [0.1, 0.15) is 0 Å². The molecule has 156 valence electrons. The lowest BCUT2D eigenvalue weighted by atomic mass is 9.53. The average Bonchev–Trinajstić information content (AvgIpc) is 3.15. The number of nitrogens with one attached hydrogen (secondary N) is 1. The second-order valence-corrected chi connectivity index (χ2v) is 11.5. The Morgan fingerprint density at radius 2 is 1.66 bits per heavy atom. The lowest BCUT2D eigenvalue weighted by Crippen LogP contribution is -2.52. The van der Waals surface area contributed by atoms with Crippen LogP contribution < -0.4 is 4.72 Å². The Morgan fingerprint density at radius 3 is 2.21 bits per heavy atom. The third kappa shape index (κ3) is 3.39. The van der Waals surface area contributed by atoms with Gasteiger partial charge < -0.3 is 0 Å². The van der Waals surface area contributed by atoms with Crippen molar-refractivity contribution >= 4 is 15.8 Å². The van der Waals surface area contributed by atoms with Crippen molar-refractivity contribution in [2.75, 3.05) is 4.72 Å². The third-order valence-corrected chi connectivity index (χ3v) is 9.06. The largest absolute Gasteiger partial charge is 0.264 e. The van der Waals surface area contributed by atoms with E-state index in [1.807, 2.05) is 24.4 Å². The first-order valence-corrected chi connectivity index (χ1v) is 12.5. The molecule has 4 saturated carbocycles. The van der Waals surface area contributed by atoms with Gasteiger partial charge in [-0.1, -0.05) is 26.0 Å². The highest BCUT2D eigenvalue weighted by Gasteiger charge is 2.52. The molecule has 0 amide bonds. The molecule has 5 nitrogen and oxygen atoms in total. The van der Waals surface area contributed by atoms with Gasteiger partial charge in [-0.15, -0.1) is 0 Å². The predicted molar refractivity (Wildman–Crippen MR) is 114 cm³/mol. The molecule has 1 N–H and O–H groups in total. The van der Waals surface area contributed by atoms with Crippen LogP contribution in [0.5, 0.6) is 0 Å². The Morgan fingerprint density at radius 1 is 1.07 bits per heavy atom. The summed E-state index contributed by atoms with van der Waals surface area (Å²) in [6, 6.07) is 9.02. The maximum absolute atomic E-state index is 12.8. The molecule has 2 aromatic rings. The fraction of sp³-hybridized carbons (Fsp3) is 0.609. The van der Waals surface area contributed by atoms with Crippen LogP contribution in [0.3, 0.4) is 0 Å². The zero-order valence-electron chi connectivity index (χ0n) is 17.3. The van der Waals surface area contributed by atoms with Crippen LogP contribution in [-0.4, -0.2) is 18.2 Å². The van der Waals surface area contributed by atoms with E-state index in [1.54, 1.807) is 12.1 Å². The van der Waals surface area contributed by atoms with Crippen LogP contribution in [0.1, 0.15) is 70.3 Å². The van der Waals surface area contributed by atoms with E-state index in [0.29, 0.717) is 11.7 Å². The van der Waals surface area contributed by atoms with Crippen molar-refractivity contribution in [3.05, 3.63) is 42.1 Å². The molecule has 0 radical (unpaired) electrons. The normalized spacial score (nSPS) is 31.7. The van der Waals surface area contributed by atoms with Crippen LogP contribution in [0.15, 0.2) is 41.4 Å². The van der Waals surface area contributed by atoms with E-state index in [2.05, 4.69) is 23.3 Å². The molecule has 4 fully saturated rings. The Kier molecular flexibility index (Phi) is 4.53. The summed E-state index contributed by atoms with van der Waals surface area (Å²) in [6.45, 7) is 4.29. The van der Waals surface area contributed by atoms with Gasteiger partial charge in [-0.25, -0.2) is 8.42 Å². The quantitative estimate of drug-likeness (QED) is 0.715. The van der Waals surface area contributed by atoms with E-state index < -0.39 is 10.0 Å². The zero-order valence-corrected chi connectivity index (χ0v) is 18.2. The van der Waals surface area contributed by atoms with Gasteiger partial charge in [0, 0.05) is 12.3 Å². The zero-order chi connectivity index (χ0) is 20.2. The van der Waals surface area contributed by atoms with E-state index >= 15 is 0 Å². The molecule has 4 bridgehead atoms. The summed E-state index contributed by atoms with van der Waals surface area (Å²) >= 11 is 0. The van der Waals surface area contributed by atoms with E-state index in [9.17, 15) is 8.42 Å². The van der Waals surface area contributed by atoms with Crippen molar-refractivity contribution in [2.45, 2.75) is 75.1 Å². The van der Waals surface area contributed by atoms with Gasteiger partial charge in [0.15, 0.2) is 5.82 Å². The first kappa shape index (κ1) is 19.2. The summed E-state index contributed by atoms with van der Waals surface area (Å²) in [7, 11) is -3.63. The molecular weight excluding hydrogens is 382 g/mol. The molecule has 6 rings (SSSR count). The average molecular weight is 414 g/mol. The maximum Gasteiger partial charge on any atom is 0.263 e. The fourth-order valence-electron chi connectivity index (χ4n) is 6.40. The third-order valence-electron chi connectivity index (χ3n) is 7.69. The number of anilines is 1. The van der Waals surface area contributed by atoms with Crippen LogP contribution in [0, 0.1) is 17.8 Å². The highest BCUT2D eigenvalue weighted by molar-refractivity contribution is 7.92. The molecule has 1 heterocycles. The molecule has 1 unspecified atom stereocenters. The molecule has 0 spiro atoms. The van der Waals surface area contributed by atoms with E-state index in [0.717, 1.165) is 29.7 Å². The van der Waals surface area contributed by atoms with Crippen molar-refractivity contribution in [2.24, 2.45) is 17.8 Å². The van der Waals surface area contributed by atoms with Gasteiger partial charge in [0.05, 0.1) is 10.4 Å². The number of hydrogen-bond donors (Lipinski definition) is 1. The first-order chi connectivity index (χ1) is 13.9. The predicted octanol–water partition coefficient (Wildman–Crippen LogP) is 5.12. The molecule has 1 atom stereocenters. The summed E-state index contributed by atoms with van der Waals surface area (Å²) < 4.78 is 30.5. The highest BCUT2D eigenvalue weighted by atomic mass is 32.2. The first-order valence-electron chi connectivity index (χ1n) is 11.1. The van der Waals surface area contributed by atoms with Crippen molar-refractivity contribution in [1.29, 1.82) is 0 Å². The second kappa shape index (κ2) is 6.86. The van der Waals surface area contributed by atoms with Crippen LogP contribution in [0.4, 0.5) is 5.82 Å². The topological polar surface area (TPSA) is 64.0 Å². The van der Waals surface area contributed by atoms with Crippen LogP contribution in [0.2, 0.25) is 0 Å². The lowest BCUT2D eigenvalue weighted by Gasteiger charge is -2.56. The number of nitrogens with zero attached hydrogens (tertiary/aromatic N) is 2. The molecular formula is C23H31N3O2S. The van der Waals surface area contributed by atoms with Gasteiger partial charge in [-0.05, 0) is 86.3 Å². The standard InChI is InChI=1S/C23H31N3O2S/c1-3-16(2)20-4-6-21(7-5-20)29(27,28)25-22-8-9-26(24-22)23-13-17-10-18(14-23)12-19(11-17)15-23/h4-9,16-19H,3,10-15H2,1-2H3,(H,24,25). The summed E-state index contributed by atoms with van der Waals surface area (Å²) in [5.74, 6) is 3.33. The number of aromatic nitrogens is 2. The minimum absolute atomic E-state index is 0.108. The molecule has 1 aromatic heterocycles. The van der Waals surface area contributed by atoms with Crippen molar-refractivity contribution in [1.82, 2.24) is 9.78 Å². The molecule has 0 saturated heterocycles. The van der Waals surface area contributed by atoms with Gasteiger partial charge in [-0.2, -0.15) is 5.10 Å². The Bertz CT molecular complexity index is 958.